The second kappa shape index (κ2) is 6.55. The predicted octanol–water partition coefficient (Wildman–Crippen LogP) is 0.319. The van der Waals surface area contributed by atoms with E-state index in [9.17, 15) is 9.59 Å². The number of hydrogen-bond donors (Lipinski definition) is 2. The summed E-state index contributed by atoms with van der Waals surface area (Å²) in [6.45, 7) is 0.355. The van der Waals surface area contributed by atoms with Gasteiger partial charge in [-0.25, -0.2) is 4.79 Å². The van der Waals surface area contributed by atoms with E-state index in [0.29, 0.717) is 13.0 Å². The van der Waals surface area contributed by atoms with E-state index in [1.54, 1.807) is 0 Å². The van der Waals surface area contributed by atoms with Crippen LogP contribution in [0.5, 0.6) is 0 Å². The van der Waals surface area contributed by atoms with Crippen LogP contribution in [0, 0.1) is 11.8 Å². The van der Waals surface area contributed by atoms with Gasteiger partial charge in [-0.15, -0.1) is 0 Å². The van der Waals surface area contributed by atoms with Crippen molar-refractivity contribution in [2.75, 3.05) is 6.61 Å². The van der Waals surface area contributed by atoms with Crippen molar-refractivity contribution in [1.29, 1.82) is 0 Å². The van der Waals surface area contributed by atoms with Gasteiger partial charge >= 0.3 is 5.69 Å². The molecular weight excluding hydrogens is 256 g/mol. The van der Waals surface area contributed by atoms with E-state index in [2.05, 4.69) is 16.8 Å². The number of hydrogen-bond acceptors (Lipinski definition) is 3. The number of aromatic nitrogens is 2. The Morgan fingerprint density at radius 2 is 2.00 bits per heavy atom. The Hall–Kier alpha value is -2.58. The second-order valence-electron chi connectivity index (χ2n) is 4.17. The monoisotopic (exact) mass is 270 g/mol. The fraction of sp³-hybridized carbons (Fsp3) is 0.200. The highest BCUT2D eigenvalue weighted by atomic mass is 16.2. The summed E-state index contributed by atoms with van der Waals surface area (Å²) in [5.41, 5.74) is 0.823. The van der Waals surface area contributed by atoms with E-state index < -0.39 is 11.2 Å². The minimum atomic E-state index is -0.448. The van der Waals surface area contributed by atoms with Crippen LogP contribution in [-0.2, 0) is 6.54 Å². The van der Waals surface area contributed by atoms with Crippen LogP contribution in [-0.4, -0.2) is 21.3 Å². The van der Waals surface area contributed by atoms with Crippen LogP contribution >= 0.6 is 0 Å². The smallest absolute Gasteiger partial charge is 0.328 e. The summed E-state index contributed by atoms with van der Waals surface area (Å²) in [5.74, 6) is 5.82. The predicted molar refractivity (Wildman–Crippen MR) is 75.4 cm³/mol. The minimum Gasteiger partial charge on any atom is -0.395 e. The number of nitrogens with zero attached hydrogens (tertiary/aromatic N) is 1. The topological polar surface area (TPSA) is 75.1 Å². The molecule has 0 aliphatic carbocycles. The van der Waals surface area contributed by atoms with Crippen molar-refractivity contribution in [2.24, 2.45) is 0 Å². The third-order valence-electron chi connectivity index (χ3n) is 2.71. The number of aliphatic hydroxyl groups excluding tert-OH is 1. The summed E-state index contributed by atoms with van der Waals surface area (Å²) < 4.78 is 1.41. The summed E-state index contributed by atoms with van der Waals surface area (Å²) in [7, 11) is 0. The molecule has 0 atom stereocenters. The van der Waals surface area contributed by atoms with Crippen molar-refractivity contribution in [3.05, 3.63) is 68.5 Å². The number of aromatic amines is 1. The molecule has 0 fully saturated rings. The first kappa shape index (κ1) is 13.8. The standard InChI is InChI=1S/C15H14N2O3/c18-10-4-3-6-12-5-1-2-7-13(12)11-17-9-8-14(19)16-15(17)20/h1-2,5,7-9,18H,4,10-11H2,(H,16,19,20). The van der Waals surface area contributed by atoms with Crippen molar-refractivity contribution in [3.63, 3.8) is 0 Å². The Labute approximate surface area is 115 Å². The Kier molecular flexibility index (Phi) is 4.53. The van der Waals surface area contributed by atoms with Gasteiger partial charge in [-0.1, -0.05) is 30.0 Å². The van der Waals surface area contributed by atoms with Crippen molar-refractivity contribution in [2.45, 2.75) is 13.0 Å². The Balaban J connectivity index is 2.32. The average Bonchev–Trinajstić information content (AvgIpc) is 2.44. The SMILES string of the molecule is O=c1ccn(Cc2ccccc2C#CCCO)c(=O)[nH]1. The molecule has 0 spiro atoms. The lowest BCUT2D eigenvalue weighted by atomic mass is 10.1. The van der Waals surface area contributed by atoms with E-state index in [4.69, 9.17) is 5.11 Å². The summed E-state index contributed by atoms with van der Waals surface area (Å²) in [6, 6.07) is 8.77. The summed E-state index contributed by atoms with van der Waals surface area (Å²) in [5, 5.41) is 8.73. The maximum atomic E-state index is 11.7. The van der Waals surface area contributed by atoms with Crippen LogP contribution in [0.2, 0.25) is 0 Å². The lowest BCUT2D eigenvalue weighted by Gasteiger charge is -2.06. The second-order valence-corrected chi connectivity index (χ2v) is 4.17. The Morgan fingerprint density at radius 3 is 2.75 bits per heavy atom. The molecule has 1 aromatic heterocycles. The van der Waals surface area contributed by atoms with Gasteiger partial charge in [-0.3, -0.25) is 14.3 Å². The molecule has 0 unspecified atom stereocenters. The van der Waals surface area contributed by atoms with Gasteiger partial charge in [0.05, 0.1) is 13.2 Å². The van der Waals surface area contributed by atoms with E-state index in [1.807, 2.05) is 24.3 Å². The number of nitrogens with one attached hydrogen (secondary N) is 1. The van der Waals surface area contributed by atoms with Crippen LogP contribution in [0.4, 0.5) is 0 Å². The molecule has 0 radical (unpaired) electrons. The lowest BCUT2D eigenvalue weighted by Crippen LogP contribution is -2.29. The van der Waals surface area contributed by atoms with Crippen LogP contribution in [0.25, 0.3) is 0 Å². The van der Waals surface area contributed by atoms with Crippen molar-refractivity contribution >= 4 is 0 Å². The third kappa shape index (κ3) is 3.46. The molecule has 0 saturated heterocycles. The fourth-order valence-electron chi connectivity index (χ4n) is 1.75. The molecule has 2 N–H and O–H groups in total. The zero-order chi connectivity index (χ0) is 14.4. The lowest BCUT2D eigenvalue weighted by molar-refractivity contribution is 0.305. The maximum Gasteiger partial charge on any atom is 0.328 e. The molecule has 5 nitrogen and oxygen atoms in total. The maximum absolute atomic E-state index is 11.7. The number of rotatable bonds is 3. The van der Waals surface area contributed by atoms with Crippen molar-refractivity contribution in [1.82, 2.24) is 9.55 Å². The molecule has 102 valence electrons. The highest BCUT2D eigenvalue weighted by Crippen LogP contribution is 2.08. The molecule has 2 rings (SSSR count). The largest absolute Gasteiger partial charge is 0.395 e. The van der Waals surface area contributed by atoms with Gasteiger partial charge in [0, 0.05) is 24.2 Å². The zero-order valence-electron chi connectivity index (χ0n) is 10.8. The molecular formula is C15H14N2O3. The van der Waals surface area contributed by atoms with Crippen LogP contribution in [0.15, 0.2) is 46.1 Å². The van der Waals surface area contributed by atoms with Gasteiger partial charge in [-0.05, 0) is 11.6 Å². The summed E-state index contributed by atoms with van der Waals surface area (Å²) in [6.07, 6.45) is 1.87. The molecule has 0 bridgehead atoms. The summed E-state index contributed by atoms with van der Waals surface area (Å²) >= 11 is 0. The van der Waals surface area contributed by atoms with Gasteiger partial charge in [0.25, 0.3) is 5.56 Å². The molecule has 1 heterocycles. The zero-order valence-corrected chi connectivity index (χ0v) is 10.8. The van der Waals surface area contributed by atoms with Gasteiger partial charge in [0.2, 0.25) is 0 Å². The van der Waals surface area contributed by atoms with Gasteiger partial charge < -0.3 is 5.11 Å². The Morgan fingerprint density at radius 1 is 1.20 bits per heavy atom. The first-order chi connectivity index (χ1) is 9.70. The van der Waals surface area contributed by atoms with E-state index in [-0.39, 0.29) is 6.61 Å². The minimum absolute atomic E-state index is 0.0224. The van der Waals surface area contributed by atoms with Crippen LogP contribution in [0.3, 0.4) is 0 Å². The average molecular weight is 270 g/mol. The molecule has 0 aliphatic rings. The normalized spacial score (nSPS) is 9.85. The van der Waals surface area contributed by atoms with Gasteiger partial charge in [-0.2, -0.15) is 0 Å². The first-order valence-electron chi connectivity index (χ1n) is 6.18. The number of aliphatic hydroxyl groups is 1. The first-order valence-corrected chi connectivity index (χ1v) is 6.18. The molecule has 0 saturated carbocycles. The van der Waals surface area contributed by atoms with Crippen LogP contribution < -0.4 is 11.2 Å². The molecule has 0 amide bonds. The number of benzene rings is 1. The molecule has 2 aromatic rings. The van der Waals surface area contributed by atoms with Crippen molar-refractivity contribution < 1.29 is 5.11 Å². The molecule has 5 heteroatoms. The van der Waals surface area contributed by atoms with Gasteiger partial charge in [0.1, 0.15) is 0 Å². The Bertz CT molecular complexity index is 763. The van der Waals surface area contributed by atoms with Gasteiger partial charge in [0.15, 0.2) is 0 Å². The molecule has 1 aromatic carbocycles. The van der Waals surface area contributed by atoms with Crippen LogP contribution in [0.1, 0.15) is 17.5 Å². The van der Waals surface area contributed by atoms with E-state index in [1.165, 1.54) is 16.8 Å². The van der Waals surface area contributed by atoms with E-state index in [0.717, 1.165) is 11.1 Å². The van der Waals surface area contributed by atoms with E-state index >= 15 is 0 Å². The molecule has 0 aliphatic heterocycles. The third-order valence-corrected chi connectivity index (χ3v) is 2.71. The number of H-pyrrole nitrogens is 1. The molecule has 20 heavy (non-hydrogen) atoms. The quantitative estimate of drug-likeness (QED) is 0.789. The highest BCUT2D eigenvalue weighted by molar-refractivity contribution is 5.41. The fourth-order valence-corrected chi connectivity index (χ4v) is 1.75. The summed E-state index contributed by atoms with van der Waals surface area (Å²) in [4.78, 5) is 24.9. The van der Waals surface area contributed by atoms with Crippen molar-refractivity contribution in [3.8, 4) is 11.8 Å². The highest BCUT2D eigenvalue weighted by Gasteiger charge is 2.02.